The highest BCUT2D eigenvalue weighted by Gasteiger charge is 2.12. The summed E-state index contributed by atoms with van der Waals surface area (Å²) in [5.41, 5.74) is 5.44. The van der Waals surface area contributed by atoms with Gasteiger partial charge in [-0.2, -0.15) is 0 Å². The van der Waals surface area contributed by atoms with Crippen molar-refractivity contribution in [2.75, 3.05) is 12.8 Å². The van der Waals surface area contributed by atoms with Crippen molar-refractivity contribution in [3.63, 3.8) is 0 Å². The van der Waals surface area contributed by atoms with Crippen LogP contribution < -0.4 is 5.32 Å². The predicted molar refractivity (Wildman–Crippen MR) is 89.6 cm³/mol. The molecule has 0 spiro atoms. The Morgan fingerprint density at radius 3 is 2.45 bits per heavy atom. The second-order valence-electron chi connectivity index (χ2n) is 5.28. The van der Waals surface area contributed by atoms with Crippen molar-refractivity contribution in [3.8, 4) is 0 Å². The average Bonchev–Trinajstić information content (AvgIpc) is 2.45. The largest absolute Gasteiger partial charge is 0.312 e. The molecule has 0 saturated heterocycles. The third kappa shape index (κ3) is 3.65. The highest BCUT2D eigenvalue weighted by molar-refractivity contribution is 7.99. The van der Waals surface area contributed by atoms with Crippen LogP contribution in [0.3, 0.4) is 0 Å². The summed E-state index contributed by atoms with van der Waals surface area (Å²) in [4.78, 5) is 1.39. The van der Waals surface area contributed by atoms with Gasteiger partial charge in [-0.1, -0.05) is 42.0 Å². The van der Waals surface area contributed by atoms with E-state index in [2.05, 4.69) is 68.6 Å². The van der Waals surface area contributed by atoms with Crippen LogP contribution in [0.2, 0.25) is 0 Å². The molecule has 0 aliphatic rings. The molecule has 0 aromatic heterocycles. The van der Waals surface area contributed by atoms with E-state index in [1.54, 1.807) is 0 Å². The maximum absolute atomic E-state index is 3.44. The number of aryl methyl sites for hydroxylation is 3. The second kappa shape index (κ2) is 6.96. The van der Waals surface area contributed by atoms with Crippen molar-refractivity contribution in [3.05, 3.63) is 64.7 Å². The van der Waals surface area contributed by atoms with E-state index in [1.165, 1.54) is 27.1 Å². The van der Waals surface area contributed by atoms with Gasteiger partial charge in [-0.25, -0.2) is 0 Å². The van der Waals surface area contributed by atoms with Gasteiger partial charge < -0.3 is 5.32 Å². The van der Waals surface area contributed by atoms with Gasteiger partial charge in [0.05, 0.1) is 0 Å². The molecule has 2 rings (SSSR count). The van der Waals surface area contributed by atoms with E-state index in [-0.39, 0.29) is 0 Å². The molecule has 0 bridgehead atoms. The fourth-order valence-electron chi connectivity index (χ4n) is 2.34. The summed E-state index contributed by atoms with van der Waals surface area (Å²) in [6.07, 6.45) is 0. The number of nitrogens with one attached hydrogen (secondary N) is 1. The van der Waals surface area contributed by atoms with Gasteiger partial charge >= 0.3 is 0 Å². The Hall–Kier alpha value is -1.25. The molecule has 2 heteroatoms. The Morgan fingerprint density at radius 1 is 1.00 bits per heavy atom. The molecule has 1 atom stereocenters. The molecule has 1 unspecified atom stereocenters. The SMILES string of the molecule is CNC(CSc1cc(C)ccc1C)c1ccccc1C. The first kappa shape index (κ1) is 15.1. The average molecular weight is 285 g/mol. The molecule has 0 fully saturated rings. The Kier molecular flexibility index (Phi) is 5.27. The molecule has 2 aromatic carbocycles. The topological polar surface area (TPSA) is 12.0 Å². The summed E-state index contributed by atoms with van der Waals surface area (Å²) in [5, 5.41) is 3.44. The van der Waals surface area contributed by atoms with Crippen LogP contribution in [0.1, 0.15) is 28.3 Å². The van der Waals surface area contributed by atoms with E-state index in [4.69, 9.17) is 0 Å². The van der Waals surface area contributed by atoms with Crippen LogP contribution in [0.15, 0.2) is 47.4 Å². The van der Waals surface area contributed by atoms with Crippen LogP contribution in [0.4, 0.5) is 0 Å². The molecular weight excluding hydrogens is 262 g/mol. The maximum Gasteiger partial charge on any atom is 0.0415 e. The minimum Gasteiger partial charge on any atom is -0.312 e. The Bertz CT molecular complexity index is 577. The fraction of sp³-hybridized carbons (Fsp3) is 0.333. The normalized spacial score (nSPS) is 12.4. The van der Waals surface area contributed by atoms with Crippen molar-refractivity contribution in [2.24, 2.45) is 0 Å². The lowest BCUT2D eigenvalue weighted by molar-refractivity contribution is 0.658. The van der Waals surface area contributed by atoms with Crippen molar-refractivity contribution < 1.29 is 0 Å². The summed E-state index contributed by atoms with van der Waals surface area (Å²) in [6.45, 7) is 6.52. The van der Waals surface area contributed by atoms with Crippen LogP contribution in [0.5, 0.6) is 0 Å². The summed E-state index contributed by atoms with van der Waals surface area (Å²) in [6, 6.07) is 15.7. The molecule has 0 aliphatic carbocycles. The fourth-order valence-corrected chi connectivity index (χ4v) is 3.60. The second-order valence-corrected chi connectivity index (χ2v) is 6.34. The molecule has 0 saturated carbocycles. The molecule has 1 nitrogen and oxygen atoms in total. The molecule has 1 N–H and O–H groups in total. The Balaban J connectivity index is 2.12. The molecular formula is C18H23NS. The first-order valence-electron chi connectivity index (χ1n) is 7.04. The lowest BCUT2D eigenvalue weighted by atomic mass is 10.0. The Morgan fingerprint density at radius 2 is 1.75 bits per heavy atom. The number of thioether (sulfide) groups is 1. The zero-order valence-electron chi connectivity index (χ0n) is 12.7. The van der Waals surface area contributed by atoms with E-state index in [1.807, 2.05) is 18.8 Å². The van der Waals surface area contributed by atoms with Crippen molar-refractivity contribution in [1.82, 2.24) is 5.32 Å². The van der Waals surface area contributed by atoms with Crippen LogP contribution in [0, 0.1) is 20.8 Å². The first-order valence-corrected chi connectivity index (χ1v) is 8.03. The van der Waals surface area contributed by atoms with Gasteiger partial charge in [-0.15, -0.1) is 11.8 Å². The van der Waals surface area contributed by atoms with Crippen molar-refractivity contribution in [2.45, 2.75) is 31.7 Å². The standard InChI is InChI=1S/C18H23NS/c1-13-9-10-15(3)18(11-13)20-12-17(19-4)16-8-6-5-7-14(16)2/h5-11,17,19H,12H2,1-4H3. The molecule has 0 amide bonds. The van der Waals surface area contributed by atoms with E-state index in [0.717, 1.165) is 5.75 Å². The van der Waals surface area contributed by atoms with Gasteiger partial charge in [-0.05, 0) is 50.6 Å². The minimum atomic E-state index is 0.390. The van der Waals surface area contributed by atoms with Crippen molar-refractivity contribution >= 4 is 11.8 Å². The van der Waals surface area contributed by atoms with Crippen LogP contribution in [-0.4, -0.2) is 12.8 Å². The predicted octanol–water partition coefficient (Wildman–Crippen LogP) is 4.66. The van der Waals surface area contributed by atoms with Crippen LogP contribution >= 0.6 is 11.8 Å². The lowest BCUT2D eigenvalue weighted by Crippen LogP contribution is -2.19. The smallest absolute Gasteiger partial charge is 0.0415 e. The highest BCUT2D eigenvalue weighted by Crippen LogP contribution is 2.29. The summed E-state index contributed by atoms with van der Waals surface area (Å²) in [5.74, 6) is 1.05. The number of hydrogen-bond donors (Lipinski definition) is 1. The summed E-state index contributed by atoms with van der Waals surface area (Å²) >= 11 is 1.93. The Labute approximate surface area is 126 Å². The molecule has 0 radical (unpaired) electrons. The van der Waals surface area contributed by atoms with E-state index in [0.29, 0.717) is 6.04 Å². The first-order chi connectivity index (χ1) is 9.61. The quantitative estimate of drug-likeness (QED) is 0.802. The molecule has 0 heterocycles. The van der Waals surface area contributed by atoms with Crippen molar-refractivity contribution in [1.29, 1.82) is 0 Å². The number of hydrogen-bond acceptors (Lipinski definition) is 2. The molecule has 0 aliphatic heterocycles. The van der Waals surface area contributed by atoms with Gasteiger partial charge in [0.15, 0.2) is 0 Å². The van der Waals surface area contributed by atoms with Gasteiger partial charge in [0.25, 0.3) is 0 Å². The molecule has 20 heavy (non-hydrogen) atoms. The zero-order chi connectivity index (χ0) is 14.5. The maximum atomic E-state index is 3.44. The molecule has 106 valence electrons. The monoisotopic (exact) mass is 285 g/mol. The number of benzene rings is 2. The summed E-state index contributed by atoms with van der Waals surface area (Å²) in [7, 11) is 2.04. The third-order valence-electron chi connectivity index (χ3n) is 3.66. The van der Waals surface area contributed by atoms with Crippen LogP contribution in [-0.2, 0) is 0 Å². The minimum absolute atomic E-state index is 0.390. The van der Waals surface area contributed by atoms with E-state index < -0.39 is 0 Å². The van der Waals surface area contributed by atoms with Gasteiger partial charge in [0.2, 0.25) is 0 Å². The van der Waals surface area contributed by atoms with Gasteiger partial charge in [-0.3, -0.25) is 0 Å². The summed E-state index contributed by atoms with van der Waals surface area (Å²) < 4.78 is 0. The van der Waals surface area contributed by atoms with E-state index >= 15 is 0 Å². The van der Waals surface area contributed by atoms with Gasteiger partial charge in [0.1, 0.15) is 0 Å². The van der Waals surface area contributed by atoms with E-state index in [9.17, 15) is 0 Å². The van der Waals surface area contributed by atoms with Crippen LogP contribution in [0.25, 0.3) is 0 Å². The molecule has 2 aromatic rings. The highest BCUT2D eigenvalue weighted by atomic mass is 32.2. The number of rotatable bonds is 5. The third-order valence-corrected chi connectivity index (χ3v) is 4.91. The lowest BCUT2D eigenvalue weighted by Gasteiger charge is -2.19. The van der Waals surface area contributed by atoms with Gasteiger partial charge in [0, 0.05) is 16.7 Å². The zero-order valence-corrected chi connectivity index (χ0v) is 13.6.